The van der Waals surface area contributed by atoms with Crippen molar-refractivity contribution in [3.63, 3.8) is 0 Å². The van der Waals surface area contributed by atoms with Crippen molar-refractivity contribution in [3.05, 3.63) is 57.3 Å². The van der Waals surface area contributed by atoms with E-state index < -0.39 is 34.8 Å². The first-order chi connectivity index (χ1) is 8.56. The van der Waals surface area contributed by atoms with Crippen molar-refractivity contribution in [2.24, 2.45) is 0 Å². The summed E-state index contributed by atoms with van der Waals surface area (Å²) >= 11 is 1.08. The first kappa shape index (κ1) is 12.6. The second-order valence-corrected chi connectivity index (χ2v) is 4.44. The molecule has 0 radical (unpaired) electrons. The molecule has 0 saturated carbocycles. The number of nitrogens with zero attached hydrogens (tertiary/aromatic N) is 1. The van der Waals surface area contributed by atoms with Gasteiger partial charge in [0.05, 0.1) is 11.6 Å². The van der Waals surface area contributed by atoms with E-state index in [0.717, 1.165) is 11.3 Å². The van der Waals surface area contributed by atoms with Crippen molar-refractivity contribution in [1.29, 1.82) is 5.26 Å². The van der Waals surface area contributed by atoms with Crippen LogP contribution in [0.15, 0.2) is 23.6 Å². The average molecular weight is 271 g/mol. The molecular formula is C12H5F4NS. The number of hydrogen-bond donors (Lipinski definition) is 0. The third kappa shape index (κ3) is 1.97. The van der Waals surface area contributed by atoms with Gasteiger partial charge in [-0.2, -0.15) is 5.26 Å². The van der Waals surface area contributed by atoms with Crippen LogP contribution in [0, 0.1) is 34.6 Å². The Kier molecular flexibility index (Phi) is 3.34. The van der Waals surface area contributed by atoms with Gasteiger partial charge in [-0.25, -0.2) is 17.6 Å². The van der Waals surface area contributed by atoms with E-state index >= 15 is 0 Å². The normalized spacial score (nSPS) is 12.2. The summed E-state index contributed by atoms with van der Waals surface area (Å²) in [6.45, 7) is 0. The first-order valence-electron chi connectivity index (χ1n) is 4.82. The van der Waals surface area contributed by atoms with Gasteiger partial charge in [0.2, 0.25) is 0 Å². The smallest absolute Gasteiger partial charge is 0.166 e. The van der Waals surface area contributed by atoms with Gasteiger partial charge >= 0.3 is 0 Å². The molecule has 0 N–H and O–H groups in total. The minimum absolute atomic E-state index is 0.122. The highest BCUT2D eigenvalue weighted by atomic mass is 32.1. The van der Waals surface area contributed by atoms with E-state index in [-0.39, 0.29) is 6.07 Å². The van der Waals surface area contributed by atoms with Crippen molar-refractivity contribution < 1.29 is 17.6 Å². The molecule has 1 heterocycles. The highest BCUT2D eigenvalue weighted by molar-refractivity contribution is 7.10. The Hall–Kier alpha value is -1.87. The van der Waals surface area contributed by atoms with Crippen LogP contribution in [0.2, 0.25) is 0 Å². The fraction of sp³-hybridized carbons (Fsp3) is 0.0833. The monoisotopic (exact) mass is 271 g/mol. The largest absolute Gasteiger partial charge is 0.204 e. The van der Waals surface area contributed by atoms with Gasteiger partial charge in [-0.05, 0) is 11.4 Å². The number of nitriles is 1. The Morgan fingerprint density at radius 1 is 1.11 bits per heavy atom. The van der Waals surface area contributed by atoms with E-state index in [1.807, 2.05) is 0 Å². The Bertz CT molecular complexity index is 590. The van der Waals surface area contributed by atoms with E-state index in [2.05, 4.69) is 0 Å². The van der Waals surface area contributed by atoms with Crippen LogP contribution >= 0.6 is 11.3 Å². The average Bonchev–Trinajstić information content (AvgIpc) is 2.85. The second-order valence-electron chi connectivity index (χ2n) is 3.46. The lowest BCUT2D eigenvalue weighted by Crippen LogP contribution is -2.07. The van der Waals surface area contributed by atoms with Crippen LogP contribution in [0.1, 0.15) is 16.4 Å². The zero-order valence-corrected chi connectivity index (χ0v) is 9.57. The van der Waals surface area contributed by atoms with Gasteiger partial charge in [-0.15, -0.1) is 11.3 Å². The number of rotatable bonds is 2. The fourth-order valence-corrected chi connectivity index (χ4v) is 2.35. The number of halogens is 4. The lowest BCUT2D eigenvalue weighted by Gasteiger charge is -2.11. The molecule has 2 aromatic rings. The topological polar surface area (TPSA) is 23.8 Å². The Morgan fingerprint density at radius 3 is 2.17 bits per heavy atom. The number of thiophene rings is 1. The molecule has 1 nitrogen and oxygen atoms in total. The zero-order chi connectivity index (χ0) is 13.3. The molecule has 2 rings (SSSR count). The summed E-state index contributed by atoms with van der Waals surface area (Å²) in [7, 11) is 0. The van der Waals surface area contributed by atoms with Crippen molar-refractivity contribution in [2.75, 3.05) is 0 Å². The van der Waals surface area contributed by atoms with Crippen molar-refractivity contribution in [1.82, 2.24) is 0 Å². The van der Waals surface area contributed by atoms with Crippen LogP contribution < -0.4 is 0 Å². The highest BCUT2D eigenvalue weighted by Gasteiger charge is 2.27. The maximum absolute atomic E-state index is 13.5. The van der Waals surface area contributed by atoms with E-state index in [9.17, 15) is 17.6 Å². The van der Waals surface area contributed by atoms with E-state index in [1.54, 1.807) is 17.5 Å². The third-order valence-electron chi connectivity index (χ3n) is 2.39. The highest BCUT2D eigenvalue weighted by Crippen LogP contribution is 2.33. The molecule has 0 bridgehead atoms. The van der Waals surface area contributed by atoms with Gasteiger partial charge in [0.15, 0.2) is 23.3 Å². The van der Waals surface area contributed by atoms with Crippen LogP contribution in [0.4, 0.5) is 17.6 Å². The van der Waals surface area contributed by atoms with Gasteiger partial charge in [-0.1, -0.05) is 6.07 Å². The molecule has 0 aliphatic rings. The quantitative estimate of drug-likeness (QED) is 0.599. The van der Waals surface area contributed by atoms with Crippen molar-refractivity contribution >= 4 is 11.3 Å². The summed E-state index contributed by atoms with van der Waals surface area (Å²) in [6, 6.07) is 4.83. The lowest BCUT2D eigenvalue weighted by atomic mass is 9.97. The molecule has 1 unspecified atom stereocenters. The van der Waals surface area contributed by atoms with Crippen LogP contribution in [0.25, 0.3) is 0 Å². The summed E-state index contributed by atoms with van der Waals surface area (Å²) in [5.41, 5.74) is -0.891. The number of hydrogen-bond acceptors (Lipinski definition) is 2. The number of benzene rings is 1. The third-order valence-corrected chi connectivity index (χ3v) is 3.33. The molecule has 0 amide bonds. The van der Waals surface area contributed by atoms with Crippen LogP contribution in [0.3, 0.4) is 0 Å². The lowest BCUT2D eigenvalue weighted by molar-refractivity contribution is 0.439. The molecule has 0 saturated heterocycles. The minimum Gasteiger partial charge on any atom is -0.204 e. The summed E-state index contributed by atoms with van der Waals surface area (Å²) in [5.74, 6) is -7.46. The second kappa shape index (κ2) is 4.78. The zero-order valence-electron chi connectivity index (χ0n) is 8.75. The molecule has 92 valence electrons. The SMILES string of the molecule is N#CC(c1cccs1)c1c(F)c(F)cc(F)c1F. The molecule has 6 heteroatoms. The summed E-state index contributed by atoms with van der Waals surface area (Å²) < 4.78 is 53.2. The molecule has 1 atom stereocenters. The molecule has 0 aliphatic heterocycles. The van der Waals surface area contributed by atoms with E-state index in [0.29, 0.717) is 4.88 Å². The van der Waals surface area contributed by atoms with Gasteiger partial charge < -0.3 is 0 Å². The van der Waals surface area contributed by atoms with Gasteiger partial charge in [0.25, 0.3) is 0 Å². The fourth-order valence-electron chi connectivity index (χ4n) is 1.57. The van der Waals surface area contributed by atoms with Gasteiger partial charge in [-0.3, -0.25) is 0 Å². The maximum atomic E-state index is 13.5. The molecule has 0 spiro atoms. The summed E-state index contributed by atoms with van der Waals surface area (Å²) in [4.78, 5) is 0.320. The summed E-state index contributed by atoms with van der Waals surface area (Å²) in [6.07, 6.45) is 0. The molecule has 0 fully saturated rings. The minimum atomic E-state index is -1.53. The predicted molar refractivity (Wildman–Crippen MR) is 58.0 cm³/mol. The van der Waals surface area contributed by atoms with Crippen LogP contribution in [-0.2, 0) is 0 Å². The Morgan fingerprint density at radius 2 is 1.72 bits per heavy atom. The van der Waals surface area contributed by atoms with Gasteiger partial charge in [0.1, 0.15) is 5.92 Å². The van der Waals surface area contributed by atoms with E-state index in [4.69, 9.17) is 5.26 Å². The molecule has 0 aliphatic carbocycles. The molecule has 1 aromatic heterocycles. The molecule has 18 heavy (non-hydrogen) atoms. The van der Waals surface area contributed by atoms with Crippen LogP contribution in [0.5, 0.6) is 0 Å². The summed E-state index contributed by atoms with van der Waals surface area (Å²) in [5, 5.41) is 10.6. The van der Waals surface area contributed by atoms with Crippen molar-refractivity contribution in [2.45, 2.75) is 5.92 Å². The predicted octanol–water partition coefficient (Wildman–Crippen LogP) is 3.96. The van der Waals surface area contributed by atoms with Gasteiger partial charge in [0, 0.05) is 10.9 Å². The van der Waals surface area contributed by atoms with Crippen LogP contribution in [-0.4, -0.2) is 0 Å². The molecular weight excluding hydrogens is 266 g/mol. The van der Waals surface area contributed by atoms with Crippen molar-refractivity contribution in [3.8, 4) is 6.07 Å². The molecule has 1 aromatic carbocycles. The Labute approximate surface area is 104 Å². The standard InChI is InChI=1S/C12H5F4NS/c13-7-4-8(14)12(16)10(11(7)15)6(5-17)9-2-1-3-18-9/h1-4,6H. The van der Waals surface area contributed by atoms with E-state index in [1.165, 1.54) is 6.07 Å². The Balaban J connectivity index is 2.67. The first-order valence-corrected chi connectivity index (χ1v) is 5.70. The maximum Gasteiger partial charge on any atom is 0.166 e.